The van der Waals surface area contributed by atoms with Crippen LogP contribution in [0, 0.1) is 16.7 Å². The lowest BCUT2D eigenvalue weighted by Crippen LogP contribution is -2.66. The number of sulfonamides is 1. The number of rotatable bonds is 11. The number of nitrogens with zero attached hydrogens (tertiary/aromatic N) is 1. The molecule has 2 aromatic carbocycles. The molecule has 4 rings (SSSR count). The topological polar surface area (TPSA) is 164 Å². The fraction of sp³-hybridized carbons (Fsp3) is 0.529. The molecule has 1 amide bonds. The Morgan fingerprint density at radius 1 is 0.979 bits per heavy atom. The highest BCUT2D eigenvalue weighted by atomic mass is 32.2. The highest BCUT2D eigenvalue weighted by Crippen LogP contribution is 2.54. The first-order valence-corrected chi connectivity index (χ1v) is 19.0. The number of carbonyl (C=O) groups excluding carboxylic acids is 1. The van der Waals surface area contributed by atoms with Crippen molar-refractivity contribution < 1.29 is 36.8 Å². The second kappa shape index (κ2) is 13.9. The second-order valence-electron chi connectivity index (χ2n) is 14.4. The van der Waals surface area contributed by atoms with Crippen LogP contribution in [0.4, 0.5) is 0 Å². The van der Waals surface area contributed by atoms with E-state index in [2.05, 4.69) is 15.0 Å². The van der Waals surface area contributed by atoms with Gasteiger partial charge < -0.3 is 19.8 Å². The first-order valence-electron chi connectivity index (χ1n) is 15.9. The molecule has 1 heterocycles. The fourth-order valence-corrected chi connectivity index (χ4v) is 8.65. The number of ether oxygens (including phenoxy) is 1. The first kappa shape index (κ1) is 37.0. The van der Waals surface area contributed by atoms with Gasteiger partial charge in [-0.25, -0.2) is 22.7 Å². The van der Waals surface area contributed by atoms with Gasteiger partial charge in [-0.3, -0.25) is 9.32 Å². The third-order valence-corrected chi connectivity index (χ3v) is 10.8. The molecule has 13 heteroatoms. The van der Waals surface area contributed by atoms with E-state index in [1.54, 1.807) is 24.3 Å². The van der Waals surface area contributed by atoms with Crippen molar-refractivity contribution in [3.8, 4) is 5.88 Å². The maximum absolute atomic E-state index is 14.1. The summed E-state index contributed by atoms with van der Waals surface area (Å²) in [4.78, 5) is 38.7. The Hall–Kier alpha value is -2.86. The van der Waals surface area contributed by atoms with Crippen LogP contribution in [0.3, 0.4) is 0 Å². The van der Waals surface area contributed by atoms with Crippen LogP contribution in [-0.2, 0) is 29.4 Å². The molecule has 3 aromatic rings. The third kappa shape index (κ3) is 8.60. The Morgan fingerprint density at radius 2 is 1.62 bits per heavy atom. The smallest absolute Gasteiger partial charge is 0.469 e. The highest BCUT2D eigenvalue weighted by molar-refractivity contribution is 7.89. The maximum Gasteiger partial charge on any atom is 0.469 e. The van der Waals surface area contributed by atoms with Gasteiger partial charge in [0.25, 0.3) is 0 Å². The fourth-order valence-electron chi connectivity index (χ4n) is 6.57. The molecule has 1 saturated carbocycles. The van der Waals surface area contributed by atoms with Crippen LogP contribution >= 0.6 is 7.82 Å². The minimum atomic E-state index is -4.98. The molecular formula is C34H48N3O8PS. The van der Waals surface area contributed by atoms with Gasteiger partial charge in [-0.05, 0) is 73.3 Å². The lowest BCUT2D eigenvalue weighted by molar-refractivity contribution is -0.137. The number of benzene rings is 2. The van der Waals surface area contributed by atoms with Crippen molar-refractivity contribution >= 4 is 34.7 Å². The molecule has 0 bridgehead atoms. The summed E-state index contributed by atoms with van der Waals surface area (Å²) in [7, 11) is -8.82. The van der Waals surface area contributed by atoms with E-state index in [1.807, 2.05) is 78.8 Å². The van der Waals surface area contributed by atoms with E-state index in [9.17, 15) is 27.6 Å². The number of phosphoric ester groups is 1. The molecule has 2 unspecified atom stereocenters. The lowest BCUT2D eigenvalue weighted by Gasteiger charge is -2.54. The number of nitrogens with one attached hydrogen (secondary N) is 2. The van der Waals surface area contributed by atoms with E-state index in [-0.39, 0.29) is 16.8 Å². The quantitative estimate of drug-likeness (QED) is 0.175. The molecule has 11 nitrogen and oxygen atoms in total. The zero-order valence-corrected chi connectivity index (χ0v) is 29.9. The average Bonchev–Trinajstić information content (AvgIpc) is 2.97. The van der Waals surface area contributed by atoms with E-state index < -0.39 is 46.2 Å². The van der Waals surface area contributed by atoms with Gasteiger partial charge in [-0.1, -0.05) is 71.9 Å². The van der Waals surface area contributed by atoms with E-state index in [1.165, 1.54) is 6.07 Å². The van der Waals surface area contributed by atoms with E-state index in [0.29, 0.717) is 54.6 Å². The summed E-state index contributed by atoms with van der Waals surface area (Å²) in [5.74, 6) is -0.244. The van der Waals surface area contributed by atoms with Gasteiger partial charge in [0, 0.05) is 23.4 Å². The molecule has 258 valence electrons. The molecule has 1 fully saturated rings. The summed E-state index contributed by atoms with van der Waals surface area (Å²) in [6.45, 7) is 13.5. The Bertz CT molecular complexity index is 1710. The molecule has 0 saturated heterocycles. The normalized spacial score (nSPS) is 19.9. The summed E-state index contributed by atoms with van der Waals surface area (Å²) in [6, 6.07) is 17.0. The standard InChI is InChI=1S/C34H48N3O8PS/c1-8-44-29-21-16-24-22-27(19-20-28(24)35-29)47(42,43)37-26-17-14-23(15-18-26)30(38)36-34(33(5,6)7,25-12-10-9-11-13-25)31(32(2,3)4)45-46(39,40)41/h9-13,16,19-23,26,31,37H,8,14-15,17-18H2,1-7H3,(H,36,38)(H2,39,40,41). The van der Waals surface area contributed by atoms with Crippen LogP contribution in [0.5, 0.6) is 5.88 Å². The number of phosphoric acid groups is 1. The molecule has 0 radical (unpaired) electrons. The molecule has 0 aliphatic heterocycles. The highest BCUT2D eigenvalue weighted by Gasteiger charge is 2.57. The predicted octanol–water partition coefficient (Wildman–Crippen LogP) is 6.05. The Morgan fingerprint density at radius 3 is 2.17 bits per heavy atom. The number of hydrogen-bond acceptors (Lipinski definition) is 7. The Balaban J connectivity index is 1.54. The van der Waals surface area contributed by atoms with E-state index in [4.69, 9.17) is 9.26 Å². The van der Waals surface area contributed by atoms with Crippen LogP contribution in [0.25, 0.3) is 10.9 Å². The average molecular weight is 690 g/mol. The molecule has 1 aliphatic carbocycles. The summed E-state index contributed by atoms with van der Waals surface area (Å²) in [6.07, 6.45) is 0.623. The van der Waals surface area contributed by atoms with Crippen LogP contribution in [0.2, 0.25) is 0 Å². The Labute approximate surface area is 278 Å². The zero-order valence-electron chi connectivity index (χ0n) is 28.2. The monoisotopic (exact) mass is 689 g/mol. The van der Waals surface area contributed by atoms with Crippen molar-refractivity contribution in [1.82, 2.24) is 15.0 Å². The molecule has 1 aliphatic rings. The van der Waals surface area contributed by atoms with Gasteiger partial charge in [0.1, 0.15) is 6.10 Å². The summed E-state index contributed by atoms with van der Waals surface area (Å²) >= 11 is 0. The number of amides is 1. The SMILES string of the molecule is CCOc1ccc2cc(S(=O)(=O)NC3CCC(C(=O)NC(c4ccccc4)(C(OP(=O)(O)O)C(C)(C)C)C(C)(C)C)CC3)ccc2n1. The van der Waals surface area contributed by atoms with Crippen molar-refractivity contribution in [2.75, 3.05) is 6.61 Å². The van der Waals surface area contributed by atoms with Crippen LogP contribution < -0.4 is 14.8 Å². The van der Waals surface area contributed by atoms with Crippen molar-refractivity contribution in [3.05, 3.63) is 66.2 Å². The largest absolute Gasteiger partial charge is 0.478 e. The van der Waals surface area contributed by atoms with Gasteiger partial charge in [-0.15, -0.1) is 0 Å². The van der Waals surface area contributed by atoms with E-state index >= 15 is 0 Å². The third-order valence-electron chi connectivity index (χ3n) is 8.81. The van der Waals surface area contributed by atoms with Crippen LogP contribution in [-0.4, -0.2) is 47.8 Å². The van der Waals surface area contributed by atoms with Crippen LogP contribution in [0.1, 0.15) is 79.7 Å². The first-order chi connectivity index (χ1) is 21.8. The van der Waals surface area contributed by atoms with Gasteiger partial charge in [0.2, 0.25) is 21.8 Å². The van der Waals surface area contributed by atoms with Gasteiger partial charge in [-0.2, -0.15) is 0 Å². The predicted molar refractivity (Wildman–Crippen MR) is 181 cm³/mol. The number of hydrogen-bond donors (Lipinski definition) is 4. The van der Waals surface area contributed by atoms with Gasteiger partial charge in [0.05, 0.1) is 22.6 Å². The number of aromatic nitrogens is 1. The number of carbonyl (C=O) groups is 1. The molecule has 47 heavy (non-hydrogen) atoms. The second-order valence-corrected chi connectivity index (χ2v) is 17.3. The summed E-state index contributed by atoms with van der Waals surface area (Å²) in [5, 5.41) is 3.92. The summed E-state index contributed by atoms with van der Waals surface area (Å²) < 4.78 is 52.9. The molecule has 2 atom stereocenters. The van der Waals surface area contributed by atoms with Gasteiger partial charge >= 0.3 is 7.82 Å². The number of fused-ring (bicyclic) bond motifs is 1. The molecule has 4 N–H and O–H groups in total. The maximum atomic E-state index is 14.1. The number of pyridine rings is 1. The van der Waals surface area contributed by atoms with Gasteiger partial charge in [0.15, 0.2) is 0 Å². The van der Waals surface area contributed by atoms with Crippen molar-refractivity contribution in [2.24, 2.45) is 16.7 Å². The zero-order chi connectivity index (χ0) is 34.8. The van der Waals surface area contributed by atoms with Crippen molar-refractivity contribution in [1.29, 1.82) is 0 Å². The van der Waals surface area contributed by atoms with E-state index in [0.717, 1.165) is 0 Å². The van der Waals surface area contributed by atoms with Crippen LogP contribution in [0.15, 0.2) is 65.6 Å². The molecular weight excluding hydrogens is 641 g/mol. The lowest BCUT2D eigenvalue weighted by atomic mass is 9.60. The minimum absolute atomic E-state index is 0.131. The Kier molecular flexibility index (Phi) is 11.0. The minimum Gasteiger partial charge on any atom is -0.478 e. The molecule has 0 spiro atoms. The summed E-state index contributed by atoms with van der Waals surface area (Å²) in [5.41, 5.74) is -1.61. The van der Waals surface area contributed by atoms with Crippen molar-refractivity contribution in [2.45, 2.75) is 96.7 Å². The van der Waals surface area contributed by atoms with Crippen molar-refractivity contribution in [3.63, 3.8) is 0 Å². The molecule has 1 aromatic heterocycles.